The molecule has 0 amide bonds. The van der Waals surface area contributed by atoms with Gasteiger partial charge in [0.05, 0.1) is 38.5 Å². The molecule has 380 valence electrons. The maximum Gasteiger partial charge on any atom is 0.351 e. The Morgan fingerprint density at radius 3 is 1.45 bits per heavy atom. The summed E-state index contributed by atoms with van der Waals surface area (Å²) in [5.41, 5.74) is -14.2. The molecular weight excluding hydrogens is 833 g/mol. The van der Waals surface area contributed by atoms with Crippen LogP contribution in [0.4, 0.5) is 0 Å². The van der Waals surface area contributed by atoms with Crippen LogP contribution >= 0.6 is 0 Å². The van der Waals surface area contributed by atoms with Crippen LogP contribution in [-0.4, -0.2) is 90.0 Å². The highest BCUT2D eigenvalue weighted by atomic mass is 16.6. The predicted molar refractivity (Wildman–Crippen MR) is 252 cm³/mol. The number of hydrogen-bond donors (Lipinski definition) is 3. The number of aliphatic hydroxyl groups is 3. The maximum atomic E-state index is 15.1. The van der Waals surface area contributed by atoms with Crippen LogP contribution in [0.2, 0.25) is 0 Å². The van der Waals surface area contributed by atoms with Crippen LogP contribution in [0, 0.1) is 33.5 Å². The van der Waals surface area contributed by atoms with Gasteiger partial charge in [0.25, 0.3) is 0 Å². The summed E-state index contributed by atoms with van der Waals surface area (Å²) in [5, 5.41) is 35.0. The standard InChI is InChI=1S/C46H70O13.6CH4/c1-12-38(9,31(48)58-45-17-28-13-41(23-45,22-42(52,14-28)25-45)34(51)55-35(2,3)4)21-39(10,19-36(5,6)30(47)57-40(11)20-37(7,8)56-33(40)50)32(49)59-46-18-29-15-43(53,26-46)24-44(54,16-29)27-46;;;;;;/h28-29,52-54H,12-27H2,1-11H3;6*1H4. The Kier molecular flexibility index (Phi) is 16.6. The first-order valence-electron chi connectivity index (χ1n) is 22.0. The van der Waals surface area contributed by atoms with E-state index >= 15 is 4.79 Å². The molecule has 9 fully saturated rings. The molecule has 0 spiro atoms. The molecule has 0 radical (unpaired) electrons. The highest BCUT2D eigenvalue weighted by Crippen LogP contribution is 2.66. The molecule has 9 aliphatic rings. The molecular formula is C52H94O13. The maximum absolute atomic E-state index is 15.1. The first-order valence-corrected chi connectivity index (χ1v) is 22.0. The minimum Gasteiger partial charge on any atom is -0.460 e. The average molecular weight is 927 g/mol. The van der Waals surface area contributed by atoms with Crippen molar-refractivity contribution in [1.82, 2.24) is 0 Å². The molecule has 13 heteroatoms. The van der Waals surface area contributed by atoms with E-state index in [9.17, 15) is 34.5 Å². The second-order valence-corrected chi connectivity index (χ2v) is 24.3. The fourth-order valence-corrected chi connectivity index (χ4v) is 14.2. The summed E-state index contributed by atoms with van der Waals surface area (Å²) in [7, 11) is 0. The largest absolute Gasteiger partial charge is 0.460 e. The summed E-state index contributed by atoms with van der Waals surface area (Å²) in [6.07, 6.45) is 4.47. The van der Waals surface area contributed by atoms with Gasteiger partial charge in [-0.15, -0.1) is 0 Å². The van der Waals surface area contributed by atoms with Crippen LogP contribution in [0.3, 0.4) is 0 Å². The summed E-state index contributed by atoms with van der Waals surface area (Å²) in [6.45, 7) is 18.9. The zero-order chi connectivity index (χ0) is 43.9. The van der Waals surface area contributed by atoms with Gasteiger partial charge in [-0.05, 0) is 145 Å². The van der Waals surface area contributed by atoms with Crippen LogP contribution in [0.15, 0.2) is 0 Å². The summed E-state index contributed by atoms with van der Waals surface area (Å²) >= 11 is 0. The van der Waals surface area contributed by atoms with Crippen LogP contribution in [0.1, 0.15) is 223 Å². The van der Waals surface area contributed by atoms with Crippen molar-refractivity contribution in [2.45, 2.75) is 268 Å². The molecule has 3 N–H and O–H groups in total. The molecule has 1 aliphatic heterocycles. The molecule has 1 saturated heterocycles. The van der Waals surface area contributed by atoms with E-state index in [1.165, 1.54) is 6.92 Å². The molecule has 1 heterocycles. The Bertz CT molecular complexity index is 1800. The van der Waals surface area contributed by atoms with Crippen LogP contribution in [0.5, 0.6) is 0 Å². The SMILES string of the molecule is C.C.C.C.C.C.CCC(C)(CC(C)(CC(C)(C)C(=O)OC1(C)CC(C)(C)OC1=O)C(=O)OC12CC3CC(O)(CC(O)(C3)C1)C2)C(=O)OC12CC3CC(O)(C1)CC(C(=O)OC(C)(C)C)(C3)C2. The van der Waals surface area contributed by atoms with Gasteiger partial charge >= 0.3 is 29.8 Å². The summed E-state index contributed by atoms with van der Waals surface area (Å²) in [6, 6.07) is 0. The van der Waals surface area contributed by atoms with Crippen molar-refractivity contribution in [3.63, 3.8) is 0 Å². The lowest BCUT2D eigenvalue weighted by Gasteiger charge is -2.63. The van der Waals surface area contributed by atoms with Gasteiger partial charge in [0.1, 0.15) is 22.4 Å². The Morgan fingerprint density at radius 2 is 1.03 bits per heavy atom. The van der Waals surface area contributed by atoms with Crippen LogP contribution in [-0.2, 0) is 47.7 Å². The lowest BCUT2D eigenvalue weighted by atomic mass is 9.46. The first-order chi connectivity index (χ1) is 26.6. The third kappa shape index (κ3) is 11.1. The normalized spacial score (nSPS) is 38.5. The monoisotopic (exact) mass is 927 g/mol. The van der Waals surface area contributed by atoms with E-state index < -0.39 is 96.3 Å². The molecule has 0 aromatic rings. The van der Waals surface area contributed by atoms with E-state index in [1.54, 1.807) is 41.5 Å². The van der Waals surface area contributed by atoms with Gasteiger partial charge in [-0.3, -0.25) is 19.2 Å². The fourth-order valence-electron chi connectivity index (χ4n) is 14.2. The van der Waals surface area contributed by atoms with Crippen molar-refractivity contribution in [1.29, 1.82) is 0 Å². The van der Waals surface area contributed by atoms with Crippen molar-refractivity contribution >= 4 is 29.8 Å². The Labute approximate surface area is 393 Å². The Balaban J connectivity index is 0.00000352. The van der Waals surface area contributed by atoms with E-state index in [0.717, 1.165) is 0 Å². The number of ether oxygens (including phenoxy) is 5. The third-order valence-corrected chi connectivity index (χ3v) is 15.2. The van der Waals surface area contributed by atoms with Gasteiger partial charge < -0.3 is 39.0 Å². The quantitative estimate of drug-likeness (QED) is 0.124. The molecule has 9 atom stereocenters. The van der Waals surface area contributed by atoms with E-state index in [-0.39, 0.29) is 121 Å². The summed E-state index contributed by atoms with van der Waals surface area (Å²) in [5.74, 6) is -3.09. The minimum absolute atomic E-state index is 0. The molecule has 8 saturated carbocycles. The van der Waals surface area contributed by atoms with Gasteiger partial charge in [0, 0.05) is 38.5 Å². The predicted octanol–water partition coefficient (Wildman–Crippen LogP) is 10.1. The molecule has 9 unspecified atom stereocenters. The highest BCUT2D eigenvalue weighted by Gasteiger charge is 2.69. The zero-order valence-electron chi connectivity index (χ0n) is 37.4. The number of rotatable bonds is 12. The molecule has 9 rings (SSSR count). The average Bonchev–Trinajstić information content (AvgIpc) is 3.21. The number of carbonyl (C=O) groups excluding carboxylic acids is 5. The van der Waals surface area contributed by atoms with Gasteiger partial charge in [-0.1, -0.05) is 51.5 Å². The molecule has 13 nitrogen and oxygen atoms in total. The van der Waals surface area contributed by atoms with Gasteiger partial charge in [0.2, 0.25) is 5.60 Å². The number of esters is 5. The van der Waals surface area contributed by atoms with E-state index in [1.807, 2.05) is 27.7 Å². The Hall–Kier alpha value is -2.77. The van der Waals surface area contributed by atoms with Crippen molar-refractivity contribution in [3.05, 3.63) is 0 Å². The molecule has 8 aliphatic carbocycles. The van der Waals surface area contributed by atoms with Gasteiger partial charge in [-0.2, -0.15) is 0 Å². The fraction of sp³-hybridized carbons (Fsp3) is 0.904. The second kappa shape index (κ2) is 18.0. The van der Waals surface area contributed by atoms with Crippen molar-refractivity contribution in [2.75, 3.05) is 0 Å². The lowest BCUT2D eigenvalue weighted by molar-refractivity contribution is -0.265. The smallest absolute Gasteiger partial charge is 0.351 e. The molecule has 0 aromatic heterocycles. The summed E-state index contributed by atoms with van der Waals surface area (Å²) < 4.78 is 30.5. The number of carbonyl (C=O) groups is 5. The highest BCUT2D eigenvalue weighted by molar-refractivity contribution is 5.88. The van der Waals surface area contributed by atoms with E-state index in [4.69, 9.17) is 23.7 Å². The van der Waals surface area contributed by atoms with Crippen LogP contribution < -0.4 is 0 Å². The van der Waals surface area contributed by atoms with E-state index in [2.05, 4.69) is 0 Å². The van der Waals surface area contributed by atoms with Crippen molar-refractivity contribution < 1.29 is 63.0 Å². The topological polar surface area (TPSA) is 192 Å². The van der Waals surface area contributed by atoms with Crippen LogP contribution in [0.25, 0.3) is 0 Å². The zero-order valence-corrected chi connectivity index (χ0v) is 37.4. The van der Waals surface area contributed by atoms with Gasteiger partial charge in [-0.25, -0.2) is 4.79 Å². The number of cyclic esters (lactones) is 1. The first kappa shape index (κ1) is 60.2. The lowest BCUT2D eigenvalue weighted by Crippen LogP contribution is -2.67. The van der Waals surface area contributed by atoms with E-state index in [0.29, 0.717) is 38.5 Å². The number of hydrogen-bond acceptors (Lipinski definition) is 13. The molecule has 8 bridgehead atoms. The minimum atomic E-state index is -1.54. The third-order valence-electron chi connectivity index (χ3n) is 15.2. The van der Waals surface area contributed by atoms with Gasteiger partial charge in [0.15, 0.2) is 0 Å². The molecule has 65 heavy (non-hydrogen) atoms. The molecule has 0 aromatic carbocycles. The Morgan fingerprint density at radius 1 is 0.585 bits per heavy atom. The van der Waals surface area contributed by atoms with Crippen molar-refractivity contribution in [3.8, 4) is 0 Å². The summed E-state index contributed by atoms with van der Waals surface area (Å²) in [4.78, 5) is 70.9. The van der Waals surface area contributed by atoms with Crippen molar-refractivity contribution in [2.24, 2.45) is 33.5 Å². The second-order valence-electron chi connectivity index (χ2n) is 24.3.